The second-order valence-corrected chi connectivity index (χ2v) is 7.75. The molecule has 4 nitrogen and oxygen atoms in total. The van der Waals surface area contributed by atoms with Gasteiger partial charge in [0.1, 0.15) is 0 Å². The molecule has 1 atom stereocenters. The maximum atomic E-state index is 12.8. The van der Waals surface area contributed by atoms with Crippen molar-refractivity contribution in [3.8, 4) is 11.5 Å². The van der Waals surface area contributed by atoms with Crippen molar-refractivity contribution in [2.45, 2.75) is 11.7 Å². The molecule has 4 rings (SSSR count). The average molecular weight is 376 g/mol. The second-order valence-electron chi connectivity index (χ2n) is 6.03. The van der Waals surface area contributed by atoms with Gasteiger partial charge in [-0.3, -0.25) is 4.79 Å². The van der Waals surface area contributed by atoms with Gasteiger partial charge in [-0.2, -0.15) is 11.8 Å². The molecule has 1 saturated heterocycles. The highest BCUT2D eigenvalue weighted by molar-refractivity contribution is 7.99. The minimum absolute atomic E-state index is 0.0116. The summed E-state index contributed by atoms with van der Waals surface area (Å²) in [5.41, 5.74) is 1.80. The van der Waals surface area contributed by atoms with Gasteiger partial charge in [0.25, 0.3) is 5.91 Å². The number of carbonyl (C=O) groups excluding carboxylic acids is 1. The van der Waals surface area contributed by atoms with E-state index in [4.69, 9.17) is 21.1 Å². The van der Waals surface area contributed by atoms with Crippen LogP contribution in [0.5, 0.6) is 11.5 Å². The monoisotopic (exact) mass is 375 g/mol. The lowest BCUT2D eigenvalue weighted by Crippen LogP contribution is -2.33. The van der Waals surface area contributed by atoms with Crippen LogP contribution in [0.4, 0.5) is 0 Å². The van der Waals surface area contributed by atoms with Crippen LogP contribution in [0.2, 0.25) is 5.02 Å². The molecule has 2 aromatic rings. The Morgan fingerprint density at radius 3 is 2.84 bits per heavy atom. The third-order valence-corrected chi connectivity index (χ3v) is 6.16. The summed E-state index contributed by atoms with van der Waals surface area (Å²) in [6, 6.07) is 13.4. The lowest BCUT2D eigenvalue weighted by molar-refractivity contribution is 0.0766. The third-order valence-electron chi connectivity index (χ3n) is 4.50. The van der Waals surface area contributed by atoms with Crippen LogP contribution in [-0.2, 0) is 0 Å². The van der Waals surface area contributed by atoms with Gasteiger partial charge in [0.2, 0.25) is 6.79 Å². The zero-order chi connectivity index (χ0) is 17.2. The molecule has 0 bridgehead atoms. The predicted octanol–water partition coefficient (Wildman–Crippen LogP) is 4.39. The van der Waals surface area contributed by atoms with Gasteiger partial charge in [0.15, 0.2) is 11.5 Å². The van der Waals surface area contributed by atoms with Gasteiger partial charge in [-0.25, -0.2) is 0 Å². The molecule has 0 saturated carbocycles. The summed E-state index contributed by atoms with van der Waals surface area (Å²) in [7, 11) is 0. The molecular weight excluding hydrogens is 358 g/mol. The number of rotatable bonds is 2. The molecule has 1 amide bonds. The van der Waals surface area contributed by atoms with E-state index in [1.54, 1.807) is 12.1 Å². The molecule has 2 heterocycles. The van der Waals surface area contributed by atoms with Crippen molar-refractivity contribution in [1.29, 1.82) is 0 Å². The molecule has 2 aromatic carbocycles. The van der Waals surface area contributed by atoms with Gasteiger partial charge >= 0.3 is 0 Å². The lowest BCUT2D eigenvalue weighted by atomic mass is 10.1. The van der Waals surface area contributed by atoms with Crippen LogP contribution in [0.15, 0.2) is 42.5 Å². The van der Waals surface area contributed by atoms with Gasteiger partial charge in [0.05, 0.1) is 10.6 Å². The number of hydrogen-bond donors (Lipinski definition) is 0. The van der Waals surface area contributed by atoms with E-state index in [0.29, 0.717) is 15.8 Å². The highest BCUT2D eigenvalue weighted by Gasteiger charge is 2.25. The highest BCUT2D eigenvalue weighted by Crippen LogP contribution is 2.40. The minimum atomic E-state index is 0.0116. The first-order chi connectivity index (χ1) is 12.2. The predicted molar refractivity (Wildman–Crippen MR) is 99.7 cm³/mol. The quantitative estimate of drug-likeness (QED) is 0.780. The van der Waals surface area contributed by atoms with Crippen molar-refractivity contribution in [3.63, 3.8) is 0 Å². The Hall–Kier alpha value is -1.85. The molecule has 130 valence electrons. The van der Waals surface area contributed by atoms with Gasteiger partial charge < -0.3 is 14.4 Å². The Kier molecular flexibility index (Phi) is 4.77. The standard InChI is InChI=1S/C19H18ClNO3S/c20-15-4-2-1-3-14(15)19(22)21-8-7-18(25-10-9-21)13-5-6-16-17(11-13)24-12-23-16/h1-6,11,18H,7-10,12H2/t18-/m0/s1. The number of halogens is 1. The van der Waals surface area contributed by atoms with E-state index in [9.17, 15) is 4.79 Å². The molecule has 2 aliphatic heterocycles. The van der Waals surface area contributed by atoms with Crippen molar-refractivity contribution in [3.05, 3.63) is 58.6 Å². The van der Waals surface area contributed by atoms with Crippen molar-refractivity contribution in [2.24, 2.45) is 0 Å². The summed E-state index contributed by atoms with van der Waals surface area (Å²) in [6.45, 7) is 1.74. The number of nitrogens with zero attached hydrogens (tertiary/aromatic N) is 1. The van der Waals surface area contributed by atoms with Crippen LogP contribution in [0.25, 0.3) is 0 Å². The molecule has 6 heteroatoms. The molecular formula is C19H18ClNO3S. The number of carbonyl (C=O) groups is 1. The zero-order valence-corrected chi connectivity index (χ0v) is 15.2. The van der Waals surface area contributed by atoms with Crippen LogP contribution in [0, 0.1) is 0 Å². The summed E-state index contributed by atoms with van der Waals surface area (Å²) < 4.78 is 10.9. The number of benzene rings is 2. The first-order valence-corrected chi connectivity index (χ1v) is 9.70. The molecule has 2 aliphatic rings. The molecule has 1 fully saturated rings. The maximum Gasteiger partial charge on any atom is 0.255 e. The Labute approximate surface area is 156 Å². The number of thioether (sulfide) groups is 1. The zero-order valence-electron chi connectivity index (χ0n) is 13.6. The Bertz CT molecular complexity index is 798. The van der Waals surface area contributed by atoms with E-state index in [2.05, 4.69) is 12.1 Å². The SMILES string of the molecule is O=C(c1ccccc1Cl)N1CCS[C@H](c2ccc3c(c2)OCO3)CC1. The molecule has 25 heavy (non-hydrogen) atoms. The highest BCUT2D eigenvalue weighted by atomic mass is 35.5. The topological polar surface area (TPSA) is 38.8 Å². The van der Waals surface area contributed by atoms with E-state index in [-0.39, 0.29) is 12.7 Å². The number of amides is 1. The number of fused-ring (bicyclic) bond motifs is 1. The largest absolute Gasteiger partial charge is 0.454 e. The summed E-state index contributed by atoms with van der Waals surface area (Å²) >= 11 is 8.06. The van der Waals surface area contributed by atoms with E-state index in [1.807, 2.05) is 34.9 Å². The first kappa shape index (κ1) is 16.6. The van der Waals surface area contributed by atoms with Crippen LogP contribution in [0.1, 0.15) is 27.6 Å². The smallest absolute Gasteiger partial charge is 0.255 e. The summed E-state index contributed by atoms with van der Waals surface area (Å²) in [5.74, 6) is 2.52. The van der Waals surface area contributed by atoms with Gasteiger partial charge in [-0.05, 0) is 36.2 Å². The fourth-order valence-electron chi connectivity index (χ4n) is 3.16. The normalized spacial score (nSPS) is 19.6. The van der Waals surface area contributed by atoms with Gasteiger partial charge in [0, 0.05) is 24.1 Å². The van der Waals surface area contributed by atoms with Gasteiger partial charge in [-0.15, -0.1) is 0 Å². The van der Waals surface area contributed by atoms with Crippen molar-refractivity contribution in [2.75, 3.05) is 25.6 Å². The van der Waals surface area contributed by atoms with Crippen molar-refractivity contribution in [1.82, 2.24) is 4.90 Å². The van der Waals surface area contributed by atoms with E-state index in [1.165, 1.54) is 5.56 Å². The van der Waals surface area contributed by atoms with Crippen LogP contribution in [0.3, 0.4) is 0 Å². The minimum Gasteiger partial charge on any atom is -0.454 e. The molecule has 0 aliphatic carbocycles. The molecule has 0 spiro atoms. The first-order valence-electron chi connectivity index (χ1n) is 8.27. The van der Waals surface area contributed by atoms with E-state index in [0.717, 1.165) is 36.8 Å². The van der Waals surface area contributed by atoms with Gasteiger partial charge in [-0.1, -0.05) is 29.8 Å². The molecule has 0 N–H and O–H groups in total. The molecule has 0 radical (unpaired) electrons. The van der Waals surface area contributed by atoms with Crippen molar-refractivity contribution >= 4 is 29.3 Å². The van der Waals surface area contributed by atoms with Crippen LogP contribution < -0.4 is 9.47 Å². The Morgan fingerprint density at radius 2 is 1.96 bits per heavy atom. The molecule has 0 aromatic heterocycles. The third kappa shape index (κ3) is 3.44. The Morgan fingerprint density at radius 1 is 1.12 bits per heavy atom. The summed E-state index contributed by atoms with van der Waals surface area (Å²) in [5, 5.41) is 0.857. The summed E-state index contributed by atoms with van der Waals surface area (Å²) in [6.07, 6.45) is 0.903. The van der Waals surface area contributed by atoms with E-state index >= 15 is 0 Å². The fourth-order valence-corrected chi connectivity index (χ4v) is 4.60. The maximum absolute atomic E-state index is 12.8. The average Bonchev–Trinajstić information content (AvgIpc) is 2.96. The van der Waals surface area contributed by atoms with Crippen molar-refractivity contribution < 1.29 is 14.3 Å². The number of ether oxygens (including phenoxy) is 2. The fraction of sp³-hybridized carbons (Fsp3) is 0.316. The molecule has 0 unspecified atom stereocenters. The lowest BCUT2D eigenvalue weighted by Gasteiger charge is -2.21. The van der Waals surface area contributed by atoms with Crippen LogP contribution in [-0.4, -0.2) is 36.4 Å². The summed E-state index contributed by atoms with van der Waals surface area (Å²) in [4.78, 5) is 14.7. The van der Waals surface area contributed by atoms with Crippen LogP contribution >= 0.6 is 23.4 Å². The second kappa shape index (κ2) is 7.18. The van der Waals surface area contributed by atoms with E-state index < -0.39 is 0 Å². The Balaban J connectivity index is 1.47. The number of hydrogen-bond acceptors (Lipinski definition) is 4.